The molecule has 0 aliphatic carbocycles. The Bertz CT molecular complexity index is 906. The molecule has 0 saturated carbocycles. The van der Waals surface area contributed by atoms with Gasteiger partial charge in [0.15, 0.2) is 11.5 Å². The van der Waals surface area contributed by atoms with E-state index in [1.807, 2.05) is 25.2 Å². The average molecular weight is 413 g/mol. The van der Waals surface area contributed by atoms with E-state index >= 15 is 0 Å². The van der Waals surface area contributed by atoms with Crippen LogP contribution in [0.1, 0.15) is 15.9 Å². The van der Waals surface area contributed by atoms with Gasteiger partial charge in [-0.3, -0.25) is 9.59 Å². The van der Waals surface area contributed by atoms with E-state index in [1.165, 1.54) is 21.3 Å². The number of nitrogens with one attached hydrogen (secondary N) is 1. The van der Waals surface area contributed by atoms with E-state index in [-0.39, 0.29) is 12.5 Å². The van der Waals surface area contributed by atoms with Crippen molar-refractivity contribution in [2.45, 2.75) is 6.54 Å². The maximum absolute atomic E-state index is 12.8. The predicted octanol–water partition coefficient (Wildman–Crippen LogP) is 1.92. The molecule has 1 aliphatic heterocycles. The number of carbonyl (C=O) groups is 2. The number of benzene rings is 2. The number of nitrogens with zero attached hydrogens (tertiary/aromatic N) is 2. The van der Waals surface area contributed by atoms with Gasteiger partial charge in [-0.15, -0.1) is 0 Å². The van der Waals surface area contributed by atoms with Crippen LogP contribution in [-0.4, -0.2) is 64.7 Å². The zero-order chi connectivity index (χ0) is 21.7. The van der Waals surface area contributed by atoms with E-state index in [1.54, 1.807) is 17.0 Å². The van der Waals surface area contributed by atoms with Crippen molar-refractivity contribution in [3.8, 4) is 17.2 Å². The second-order valence-corrected chi connectivity index (χ2v) is 6.96. The minimum atomic E-state index is -0.394. The molecule has 0 atom stereocenters. The fourth-order valence-electron chi connectivity index (χ4n) is 3.49. The van der Waals surface area contributed by atoms with Crippen molar-refractivity contribution in [2.75, 3.05) is 52.9 Å². The summed E-state index contributed by atoms with van der Waals surface area (Å²) in [6.45, 7) is 1.73. The molecule has 0 spiro atoms. The lowest BCUT2D eigenvalue weighted by atomic mass is 10.1. The van der Waals surface area contributed by atoms with Gasteiger partial charge in [-0.25, -0.2) is 0 Å². The Hall–Kier alpha value is -3.42. The first-order valence-electron chi connectivity index (χ1n) is 9.63. The molecule has 0 fully saturated rings. The number of rotatable bonds is 6. The molecule has 0 aromatic heterocycles. The maximum Gasteiger partial charge on any atom is 0.251 e. The van der Waals surface area contributed by atoms with Crippen LogP contribution in [-0.2, 0) is 11.3 Å². The molecule has 0 unspecified atom stereocenters. The third-order valence-corrected chi connectivity index (χ3v) is 5.15. The molecule has 1 aliphatic rings. The Morgan fingerprint density at radius 2 is 1.67 bits per heavy atom. The third-order valence-electron chi connectivity index (χ3n) is 5.15. The molecule has 30 heavy (non-hydrogen) atoms. The van der Waals surface area contributed by atoms with Gasteiger partial charge in [-0.2, -0.15) is 0 Å². The number of likely N-dealkylation sites (N-methyl/N-ethyl adjacent to an activating group) is 1. The highest BCUT2D eigenvalue weighted by molar-refractivity contribution is 5.97. The van der Waals surface area contributed by atoms with Gasteiger partial charge in [0, 0.05) is 37.9 Å². The number of hydrogen-bond donors (Lipinski definition) is 1. The third kappa shape index (κ3) is 4.42. The van der Waals surface area contributed by atoms with Crippen LogP contribution in [0.3, 0.4) is 0 Å². The topological polar surface area (TPSA) is 80.3 Å². The quantitative estimate of drug-likeness (QED) is 0.780. The van der Waals surface area contributed by atoms with Gasteiger partial charge in [0.1, 0.15) is 0 Å². The maximum atomic E-state index is 12.8. The fourth-order valence-corrected chi connectivity index (χ4v) is 3.49. The molecule has 0 bridgehead atoms. The van der Waals surface area contributed by atoms with E-state index in [0.717, 1.165) is 17.8 Å². The monoisotopic (exact) mass is 413 g/mol. The molecule has 8 nitrogen and oxygen atoms in total. The normalized spacial score (nSPS) is 13.2. The van der Waals surface area contributed by atoms with Crippen LogP contribution in [0.5, 0.6) is 17.2 Å². The van der Waals surface area contributed by atoms with Gasteiger partial charge in [-0.1, -0.05) is 18.2 Å². The highest BCUT2D eigenvalue weighted by atomic mass is 16.5. The van der Waals surface area contributed by atoms with E-state index in [4.69, 9.17) is 14.2 Å². The summed E-state index contributed by atoms with van der Waals surface area (Å²) in [7, 11) is 6.47. The summed E-state index contributed by atoms with van der Waals surface area (Å²) in [5.74, 6) is 0.622. The van der Waals surface area contributed by atoms with Crippen molar-refractivity contribution in [3.63, 3.8) is 0 Å². The minimum Gasteiger partial charge on any atom is -0.493 e. The van der Waals surface area contributed by atoms with Crippen LogP contribution in [0.25, 0.3) is 0 Å². The summed E-state index contributed by atoms with van der Waals surface area (Å²) in [6.07, 6.45) is 0. The van der Waals surface area contributed by atoms with Crippen molar-refractivity contribution in [1.29, 1.82) is 0 Å². The van der Waals surface area contributed by atoms with Crippen LogP contribution in [0, 0.1) is 0 Å². The van der Waals surface area contributed by atoms with Gasteiger partial charge in [0.2, 0.25) is 11.7 Å². The number of ether oxygens (including phenoxy) is 3. The number of amides is 2. The zero-order valence-electron chi connectivity index (χ0n) is 17.7. The number of methoxy groups -OCH3 is 3. The minimum absolute atomic E-state index is 0.0959. The van der Waals surface area contributed by atoms with Gasteiger partial charge >= 0.3 is 0 Å². The van der Waals surface area contributed by atoms with Crippen molar-refractivity contribution >= 4 is 17.5 Å². The van der Waals surface area contributed by atoms with E-state index in [0.29, 0.717) is 35.9 Å². The molecular formula is C22H27N3O5. The number of anilines is 1. The molecule has 2 aromatic rings. The van der Waals surface area contributed by atoms with Crippen molar-refractivity contribution < 1.29 is 23.8 Å². The van der Waals surface area contributed by atoms with Crippen LogP contribution in [0.2, 0.25) is 0 Å². The summed E-state index contributed by atoms with van der Waals surface area (Å²) < 4.78 is 15.8. The Kier molecular flexibility index (Phi) is 6.66. The number of hydrogen-bond acceptors (Lipinski definition) is 6. The summed E-state index contributed by atoms with van der Waals surface area (Å²) in [5, 5.41) is 2.70. The molecule has 160 valence electrons. The number of fused-ring (bicyclic) bond motifs is 1. The van der Waals surface area contributed by atoms with Gasteiger partial charge in [0.25, 0.3) is 5.91 Å². The Labute approximate surface area is 176 Å². The summed E-state index contributed by atoms with van der Waals surface area (Å²) in [5.41, 5.74) is 2.52. The first-order valence-corrected chi connectivity index (χ1v) is 9.63. The molecular weight excluding hydrogens is 386 g/mol. The van der Waals surface area contributed by atoms with Crippen LogP contribution >= 0.6 is 0 Å². The van der Waals surface area contributed by atoms with E-state index in [9.17, 15) is 9.59 Å². The Morgan fingerprint density at radius 1 is 1.00 bits per heavy atom. The Balaban J connectivity index is 1.68. The second-order valence-electron chi connectivity index (χ2n) is 6.96. The largest absolute Gasteiger partial charge is 0.493 e. The number of carbonyl (C=O) groups excluding carboxylic acids is 2. The first-order chi connectivity index (χ1) is 14.5. The Morgan fingerprint density at radius 3 is 2.30 bits per heavy atom. The molecule has 3 rings (SSSR count). The van der Waals surface area contributed by atoms with Crippen LogP contribution < -0.4 is 24.4 Å². The van der Waals surface area contributed by atoms with Gasteiger partial charge in [0.05, 0.1) is 27.9 Å². The predicted molar refractivity (Wildman–Crippen MR) is 114 cm³/mol. The number of para-hydroxylation sites is 1. The second kappa shape index (κ2) is 9.39. The van der Waals surface area contributed by atoms with E-state index < -0.39 is 5.91 Å². The smallest absolute Gasteiger partial charge is 0.251 e. The summed E-state index contributed by atoms with van der Waals surface area (Å²) in [6, 6.07) is 11.1. The molecule has 1 N–H and O–H groups in total. The molecule has 2 amide bonds. The highest BCUT2D eigenvalue weighted by Gasteiger charge is 2.22. The van der Waals surface area contributed by atoms with Crippen molar-refractivity contribution in [2.24, 2.45) is 0 Å². The van der Waals surface area contributed by atoms with Crippen molar-refractivity contribution in [3.05, 3.63) is 47.5 Å². The van der Waals surface area contributed by atoms with Gasteiger partial charge < -0.3 is 29.3 Å². The van der Waals surface area contributed by atoms with Crippen molar-refractivity contribution in [1.82, 2.24) is 10.2 Å². The zero-order valence-corrected chi connectivity index (χ0v) is 17.7. The standard InChI is InChI=1S/C22H27N3O5/c1-24-9-10-25(14-15-7-5-6-8-17(15)24)20(26)13-23-22(27)16-11-18(28-2)21(30-4)19(12-16)29-3/h5-8,11-12H,9-10,13-14H2,1-4H3,(H,23,27). The first kappa shape index (κ1) is 21.3. The molecule has 1 heterocycles. The lowest BCUT2D eigenvalue weighted by Gasteiger charge is -2.21. The summed E-state index contributed by atoms with van der Waals surface area (Å²) >= 11 is 0. The molecule has 0 radical (unpaired) electrons. The van der Waals surface area contributed by atoms with E-state index in [2.05, 4.69) is 16.3 Å². The molecule has 8 heteroatoms. The highest BCUT2D eigenvalue weighted by Crippen LogP contribution is 2.38. The van der Waals surface area contributed by atoms with Gasteiger partial charge in [-0.05, 0) is 23.8 Å². The SMILES string of the molecule is COc1cc(C(=O)NCC(=O)N2CCN(C)c3ccccc3C2)cc(OC)c1OC. The lowest BCUT2D eigenvalue weighted by molar-refractivity contribution is -0.130. The molecule has 0 saturated heterocycles. The molecule has 2 aromatic carbocycles. The fraction of sp³-hybridized carbons (Fsp3) is 0.364. The van der Waals surface area contributed by atoms with Crippen LogP contribution in [0.4, 0.5) is 5.69 Å². The van der Waals surface area contributed by atoms with Crippen LogP contribution in [0.15, 0.2) is 36.4 Å². The lowest BCUT2D eigenvalue weighted by Crippen LogP contribution is -2.41. The summed E-state index contributed by atoms with van der Waals surface area (Å²) in [4.78, 5) is 29.3. The average Bonchev–Trinajstić information content (AvgIpc) is 2.95.